The van der Waals surface area contributed by atoms with Gasteiger partial charge in [-0.3, -0.25) is 4.79 Å². The highest BCUT2D eigenvalue weighted by molar-refractivity contribution is 7.17. The molecule has 4 rings (SSSR count). The third-order valence-electron chi connectivity index (χ3n) is 3.87. The molecular formula is C17H9F2NO3S. The molecule has 0 spiro atoms. The number of aromatic hydroxyl groups is 2. The average Bonchev–Trinajstić information content (AvgIpc) is 3.02. The first-order chi connectivity index (χ1) is 11.5. The van der Waals surface area contributed by atoms with Gasteiger partial charge in [-0.05, 0) is 29.6 Å². The summed E-state index contributed by atoms with van der Waals surface area (Å²) < 4.78 is 27.8. The number of hydrogen-bond donors (Lipinski definition) is 3. The highest BCUT2D eigenvalue weighted by atomic mass is 32.1. The lowest BCUT2D eigenvalue weighted by Gasteiger charge is -2.12. The van der Waals surface area contributed by atoms with Crippen molar-refractivity contribution in [2.45, 2.75) is 0 Å². The molecule has 4 aromatic rings. The van der Waals surface area contributed by atoms with Crippen LogP contribution in [0, 0.1) is 11.6 Å². The summed E-state index contributed by atoms with van der Waals surface area (Å²) in [6, 6.07) is 5.99. The summed E-state index contributed by atoms with van der Waals surface area (Å²) in [5, 5.41) is 23.0. The SMILES string of the molecule is O=c1[nH]c2ccc(O)c(-c3cc(F)cc(F)c3O)c2c2ccsc12. The van der Waals surface area contributed by atoms with Gasteiger partial charge in [0.15, 0.2) is 11.6 Å². The van der Waals surface area contributed by atoms with E-state index in [9.17, 15) is 23.8 Å². The molecule has 0 bridgehead atoms. The van der Waals surface area contributed by atoms with Crippen molar-refractivity contribution in [3.8, 4) is 22.6 Å². The van der Waals surface area contributed by atoms with Crippen molar-refractivity contribution < 1.29 is 19.0 Å². The Morgan fingerprint density at radius 3 is 2.67 bits per heavy atom. The second-order valence-electron chi connectivity index (χ2n) is 5.28. The number of pyridine rings is 1. The van der Waals surface area contributed by atoms with Crippen LogP contribution in [0.25, 0.3) is 32.1 Å². The predicted octanol–water partition coefficient (Wildman–Crippen LogP) is 4.10. The minimum atomic E-state index is -1.13. The molecule has 0 saturated heterocycles. The van der Waals surface area contributed by atoms with Crippen molar-refractivity contribution in [1.29, 1.82) is 0 Å². The van der Waals surface area contributed by atoms with Crippen LogP contribution >= 0.6 is 11.3 Å². The molecule has 24 heavy (non-hydrogen) atoms. The van der Waals surface area contributed by atoms with Crippen molar-refractivity contribution in [3.05, 3.63) is 57.7 Å². The van der Waals surface area contributed by atoms with Crippen LogP contribution < -0.4 is 5.56 Å². The molecule has 0 aliphatic carbocycles. The maximum absolute atomic E-state index is 13.7. The zero-order valence-corrected chi connectivity index (χ0v) is 12.7. The van der Waals surface area contributed by atoms with Gasteiger partial charge in [-0.1, -0.05) is 0 Å². The van der Waals surface area contributed by atoms with Gasteiger partial charge in [0.05, 0.1) is 0 Å². The van der Waals surface area contributed by atoms with Crippen molar-refractivity contribution in [3.63, 3.8) is 0 Å². The molecular weight excluding hydrogens is 336 g/mol. The smallest absolute Gasteiger partial charge is 0.266 e. The molecule has 0 atom stereocenters. The highest BCUT2D eigenvalue weighted by Gasteiger charge is 2.20. The van der Waals surface area contributed by atoms with Crippen molar-refractivity contribution in [2.24, 2.45) is 0 Å². The number of fused-ring (bicyclic) bond motifs is 3. The Labute approximate surface area is 137 Å². The van der Waals surface area contributed by atoms with Crippen LogP contribution in [0.4, 0.5) is 8.78 Å². The van der Waals surface area contributed by atoms with Gasteiger partial charge in [0.1, 0.15) is 16.3 Å². The lowest BCUT2D eigenvalue weighted by molar-refractivity contribution is 0.429. The fraction of sp³-hybridized carbons (Fsp3) is 0. The fourth-order valence-corrected chi connectivity index (χ4v) is 3.66. The van der Waals surface area contributed by atoms with Gasteiger partial charge < -0.3 is 15.2 Å². The minimum Gasteiger partial charge on any atom is -0.507 e. The topological polar surface area (TPSA) is 73.3 Å². The van der Waals surface area contributed by atoms with Gasteiger partial charge in [-0.2, -0.15) is 0 Å². The molecule has 2 aromatic carbocycles. The Bertz CT molecular complexity index is 1180. The van der Waals surface area contributed by atoms with E-state index in [0.717, 1.165) is 6.07 Å². The summed E-state index contributed by atoms with van der Waals surface area (Å²) in [5.41, 5.74) is -0.0280. The van der Waals surface area contributed by atoms with E-state index >= 15 is 0 Å². The standard InChI is InChI=1S/C17H9F2NO3S/c18-7-5-9(15(22)10(19)6-7)14-12(21)2-1-11-13(14)8-3-4-24-16(8)17(23)20-11/h1-6,21-22H,(H,20,23). The quantitative estimate of drug-likeness (QED) is 0.486. The molecule has 0 amide bonds. The number of thiophene rings is 1. The number of hydrogen-bond acceptors (Lipinski definition) is 4. The van der Waals surface area contributed by atoms with Gasteiger partial charge in [0.25, 0.3) is 5.56 Å². The van der Waals surface area contributed by atoms with E-state index in [2.05, 4.69) is 4.98 Å². The maximum atomic E-state index is 13.7. The van der Waals surface area contributed by atoms with Crippen molar-refractivity contribution in [2.75, 3.05) is 0 Å². The van der Waals surface area contributed by atoms with Crippen LogP contribution in [-0.2, 0) is 0 Å². The first-order valence-corrected chi connectivity index (χ1v) is 7.79. The first kappa shape index (κ1) is 14.6. The van der Waals surface area contributed by atoms with E-state index in [1.54, 1.807) is 11.4 Å². The monoisotopic (exact) mass is 345 g/mol. The number of aromatic amines is 1. The second-order valence-corrected chi connectivity index (χ2v) is 6.20. The zero-order valence-electron chi connectivity index (χ0n) is 11.9. The van der Waals surface area contributed by atoms with E-state index in [4.69, 9.17) is 0 Å². The number of aromatic nitrogens is 1. The largest absolute Gasteiger partial charge is 0.507 e. The average molecular weight is 345 g/mol. The summed E-state index contributed by atoms with van der Waals surface area (Å²) in [5.74, 6) is -3.05. The van der Waals surface area contributed by atoms with Gasteiger partial charge in [-0.25, -0.2) is 8.78 Å². The normalized spacial score (nSPS) is 11.4. The number of phenols is 2. The molecule has 2 aromatic heterocycles. The number of halogens is 2. The van der Waals surface area contributed by atoms with Crippen molar-refractivity contribution in [1.82, 2.24) is 4.98 Å². The first-order valence-electron chi connectivity index (χ1n) is 6.91. The van der Waals surface area contributed by atoms with Crippen LogP contribution in [0.2, 0.25) is 0 Å². The van der Waals surface area contributed by atoms with E-state index < -0.39 is 17.4 Å². The number of benzene rings is 2. The van der Waals surface area contributed by atoms with Gasteiger partial charge in [0, 0.05) is 33.5 Å². The van der Waals surface area contributed by atoms with Gasteiger partial charge in [-0.15, -0.1) is 11.3 Å². The molecule has 0 saturated carbocycles. The van der Waals surface area contributed by atoms with E-state index in [1.165, 1.54) is 23.5 Å². The summed E-state index contributed by atoms with van der Waals surface area (Å²) in [6.07, 6.45) is 0. The number of rotatable bonds is 1. The van der Waals surface area contributed by atoms with Gasteiger partial charge >= 0.3 is 0 Å². The Hall–Kier alpha value is -2.93. The molecule has 0 aliphatic heterocycles. The molecule has 4 nitrogen and oxygen atoms in total. The van der Waals surface area contributed by atoms with Crippen LogP contribution in [0.3, 0.4) is 0 Å². The molecule has 120 valence electrons. The summed E-state index contributed by atoms with van der Waals surface area (Å²) >= 11 is 1.21. The summed E-state index contributed by atoms with van der Waals surface area (Å²) in [4.78, 5) is 14.8. The highest BCUT2D eigenvalue weighted by Crippen LogP contribution is 2.43. The third kappa shape index (κ3) is 1.98. The molecule has 0 fully saturated rings. The number of nitrogens with one attached hydrogen (secondary N) is 1. The Kier molecular flexibility index (Phi) is 3.07. The predicted molar refractivity (Wildman–Crippen MR) is 88.6 cm³/mol. The van der Waals surface area contributed by atoms with Crippen LogP contribution in [-0.4, -0.2) is 15.2 Å². The lowest BCUT2D eigenvalue weighted by atomic mass is 9.96. The van der Waals surface area contributed by atoms with Crippen molar-refractivity contribution >= 4 is 32.3 Å². The Morgan fingerprint density at radius 1 is 1.08 bits per heavy atom. The molecule has 7 heteroatoms. The zero-order chi connectivity index (χ0) is 17.0. The van der Waals surface area contributed by atoms with Crippen LogP contribution in [0.5, 0.6) is 11.5 Å². The molecule has 3 N–H and O–H groups in total. The van der Waals surface area contributed by atoms with E-state index in [-0.39, 0.29) is 22.4 Å². The third-order valence-corrected chi connectivity index (χ3v) is 4.78. The minimum absolute atomic E-state index is 0.0584. The molecule has 0 unspecified atom stereocenters. The summed E-state index contributed by atoms with van der Waals surface area (Å²) in [6.45, 7) is 0. The Morgan fingerprint density at radius 2 is 1.88 bits per heavy atom. The Balaban J connectivity index is 2.26. The number of H-pyrrole nitrogens is 1. The van der Waals surface area contributed by atoms with E-state index in [0.29, 0.717) is 27.1 Å². The lowest BCUT2D eigenvalue weighted by Crippen LogP contribution is -2.04. The van der Waals surface area contributed by atoms with Crippen LogP contribution in [0.15, 0.2) is 40.5 Å². The number of phenolic OH excluding ortho intramolecular Hbond substituents is 2. The molecule has 0 aliphatic rings. The maximum Gasteiger partial charge on any atom is 0.266 e. The van der Waals surface area contributed by atoms with Crippen LogP contribution in [0.1, 0.15) is 0 Å². The van der Waals surface area contributed by atoms with E-state index in [1.807, 2.05) is 0 Å². The second kappa shape index (κ2) is 5.04. The summed E-state index contributed by atoms with van der Waals surface area (Å²) in [7, 11) is 0. The molecule has 0 radical (unpaired) electrons. The van der Waals surface area contributed by atoms with Gasteiger partial charge in [0.2, 0.25) is 0 Å². The fourth-order valence-electron chi connectivity index (χ4n) is 2.87. The molecule has 2 heterocycles.